The van der Waals surface area contributed by atoms with E-state index in [2.05, 4.69) is 24.1 Å². The van der Waals surface area contributed by atoms with Crippen molar-refractivity contribution in [2.45, 2.75) is 58.0 Å². The highest BCUT2D eigenvalue weighted by molar-refractivity contribution is 4.97. The fourth-order valence-electron chi connectivity index (χ4n) is 4.71. The highest BCUT2D eigenvalue weighted by Gasteiger charge is 2.41. The molecule has 3 fully saturated rings. The number of fused-ring (bicyclic) bond motifs is 1. The lowest BCUT2D eigenvalue weighted by Crippen LogP contribution is -2.46. The Bertz CT molecular complexity index is 242. The van der Waals surface area contributed by atoms with E-state index in [1.807, 2.05) is 0 Å². The molecule has 2 heterocycles. The molecule has 2 aliphatic heterocycles. The topological polar surface area (TPSA) is 15.3 Å². The van der Waals surface area contributed by atoms with Gasteiger partial charge < -0.3 is 5.32 Å². The zero-order valence-corrected chi connectivity index (χ0v) is 11.5. The van der Waals surface area contributed by atoms with Crippen LogP contribution in [0.5, 0.6) is 0 Å². The molecule has 2 heteroatoms. The molecule has 4 unspecified atom stereocenters. The Morgan fingerprint density at radius 2 is 1.71 bits per heavy atom. The Hall–Kier alpha value is -0.0800. The minimum atomic E-state index is 0.810. The van der Waals surface area contributed by atoms with E-state index in [9.17, 15) is 0 Å². The molecule has 4 atom stereocenters. The molecule has 2 saturated heterocycles. The van der Waals surface area contributed by atoms with Gasteiger partial charge in [-0.1, -0.05) is 20.3 Å². The molecule has 0 spiro atoms. The van der Waals surface area contributed by atoms with Gasteiger partial charge in [0, 0.05) is 25.2 Å². The summed E-state index contributed by atoms with van der Waals surface area (Å²) < 4.78 is 0. The van der Waals surface area contributed by atoms with E-state index >= 15 is 0 Å². The highest BCUT2D eigenvalue weighted by atomic mass is 15.2. The van der Waals surface area contributed by atoms with Gasteiger partial charge in [0.25, 0.3) is 0 Å². The third-order valence-corrected chi connectivity index (χ3v) is 5.53. The molecule has 3 aliphatic rings. The predicted molar refractivity (Wildman–Crippen MR) is 72.1 cm³/mol. The molecule has 1 aliphatic carbocycles. The molecular weight excluding hydrogens is 208 g/mol. The summed E-state index contributed by atoms with van der Waals surface area (Å²) in [6.07, 6.45) is 7.22. The zero-order valence-electron chi connectivity index (χ0n) is 11.5. The van der Waals surface area contributed by atoms with E-state index in [-0.39, 0.29) is 0 Å². The number of likely N-dealkylation sites (tertiary alicyclic amines) is 1. The lowest BCUT2D eigenvalue weighted by atomic mass is 9.78. The SMILES string of the molecule is CC1CCCC(C)C1N1CC2CCCNC2C1. The molecule has 0 aromatic carbocycles. The Morgan fingerprint density at radius 1 is 0.941 bits per heavy atom. The summed E-state index contributed by atoms with van der Waals surface area (Å²) in [5.74, 6) is 2.78. The van der Waals surface area contributed by atoms with Crippen LogP contribution >= 0.6 is 0 Å². The quantitative estimate of drug-likeness (QED) is 0.752. The largest absolute Gasteiger partial charge is 0.312 e. The van der Waals surface area contributed by atoms with E-state index in [4.69, 9.17) is 0 Å². The number of hydrogen-bond acceptors (Lipinski definition) is 2. The molecule has 2 nitrogen and oxygen atoms in total. The summed E-state index contributed by atoms with van der Waals surface area (Å²) >= 11 is 0. The molecule has 3 rings (SSSR count). The molecule has 1 saturated carbocycles. The molecular formula is C15H28N2. The third kappa shape index (κ3) is 2.26. The summed E-state index contributed by atoms with van der Waals surface area (Å²) in [6, 6.07) is 1.68. The van der Waals surface area contributed by atoms with Crippen LogP contribution in [0.25, 0.3) is 0 Å². The van der Waals surface area contributed by atoms with Crippen LogP contribution in [0.2, 0.25) is 0 Å². The van der Waals surface area contributed by atoms with Crippen LogP contribution in [-0.4, -0.2) is 36.6 Å². The zero-order chi connectivity index (χ0) is 11.8. The second kappa shape index (κ2) is 4.89. The van der Waals surface area contributed by atoms with Crippen LogP contribution < -0.4 is 5.32 Å². The van der Waals surface area contributed by atoms with E-state index < -0.39 is 0 Å². The van der Waals surface area contributed by atoms with Crippen molar-refractivity contribution in [3.63, 3.8) is 0 Å². The summed E-state index contributed by atoms with van der Waals surface area (Å²) in [7, 11) is 0. The summed E-state index contributed by atoms with van der Waals surface area (Å²) in [5.41, 5.74) is 0. The van der Waals surface area contributed by atoms with Crippen LogP contribution in [0.4, 0.5) is 0 Å². The average molecular weight is 236 g/mol. The standard InChI is InChI=1S/C15H28N2/c1-11-5-3-6-12(2)15(11)17-9-13-7-4-8-16-14(13)10-17/h11-16H,3-10H2,1-2H3. The maximum atomic E-state index is 3.74. The van der Waals surface area contributed by atoms with Gasteiger partial charge in [0.05, 0.1) is 0 Å². The Morgan fingerprint density at radius 3 is 2.41 bits per heavy atom. The first-order valence-electron chi connectivity index (χ1n) is 7.73. The van der Waals surface area contributed by atoms with Gasteiger partial charge in [-0.2, -0.15) is 0 Å². The lowest BCUT2D eigenvalue weighted by Gasteiger charge is -2.41. The third-order valence-electron chi connectivity index (χ3n) is 5.53. The maximum absolute atomic E-state index is 3.74. The van der Waals surface area contributed by atoms with Gasteiger partial charge in [0.2, 0.25) is 0 Å². The smallest absolute Gasteiger partial charge is 0.0235 e. The molecule has 0 aromatic rings. The van der Waals surface area contributed by atoms with Crippen molar-refractivity contribution in [2.24, 2.45) is 17.8 Å². The van der Waals surface area contributed by atoms with Crippen LogP contribution in [0, 0.1) is 17.8 Å². The van der Waals surface area contributed by atoms with E-state index in [1.165, 1.54) is 51.7 Å². The Balaban J connectivity index is 1.67. The van der Waals surface area contributed by atoms with E-state index in [1.54, 1.807) is 0 Å². The minimum absolute atomic E-state index is 0.810. The summed E-state index contributed by atoms with van der Waals surface area (Å²) in [5, 5.41) is 3.74. The summed E-state index contributed by atoms with van der Waals surface area (Å²) in [4.78, 5) is 2.84. The van der Waals surface area contributed by atoms with Crippen molar-refractivity contribution >= 4 is 0 Å². The van der Waals surface area contributed by atoms with Crippen molar-refractivity contribution in [1.29, 1.82) is 0 Å². The lowest BCUT2D eigenvalue weighted by molar-refractivity contribution is 0.0859. The predicted octanol–water partition coefficient (Wildman–Crippen LogP) is 2.49. The number of piperidine rings is 1. The fourth-order valence-corrected chi connectivity index (χ4v) is 4.71. The number of nitrogens with one attached hydrogen (secondary N) is 1. The van der Waals surface area contributed by atoms with Gasteiger partial charge in [0.1, 0.15) is 0 Å². The summed E-state index contributed by atoms with van der Waals surface area (Å²) in [6.45, 7) is 8.91. The highest BCUT2D eigenvalue weighted by Crippen LogP contribution is 2.36. The monoisotopic (exact) mass is 236 g/mol. The average Bonchev–Trinajstić information content (AvgIpc) is 2.71. The second-order valence-corrected chi connectivity index (χ2v) is 6.79. The van der Waals surface area contributed by atoms with E-state index in [0.29, 0.717) is 0 Å². The first-order chi connectivity index (χ1) is 8.25. The maximum Gasteiger partial charge on any atom is 0.0235 e. The molecule has 0 radical (unpaired) electrons. The van der Waals surface area contributed by atoms with Gasteiger partial charge in [-0.05, 0) is 50.0 Å². The van der Waals surface area contributed by atoms with Crippen molar-refractivity contribution < 1.29 is 0 Å². The van der Waals surface area contributed by atoms with Crippen LogP contribution in [0.1, 0.15) is 46.0 Å². The van der Waals surface area contributed by atoms with Crippen molar-refractivity contribution in [3.05, 3.63) is 0 Å². The number of rotatable bonds is 1. The van der Waals surface area contributed by atoms with Gasteiger partial charge in [0.15, 0.2) is 0 Å². The second-order valence-electron chi connectivity index (χ2n) is 6.79. The number of hydrogen-bond donors (Lipinski definition) is 1. The first-order valence-corrected chi connectivity index (χ1v) is 7.73. The van der Waals surface area contributed by atoms with Gasteiger partial charge in [-0.3, -0.25) is 4.90 Å². The molecule has 98 valence electrons. The van der Waals surface area contributed by atoms with Crippen LogP contribution in [-0.2, 0) is 0 Å². The molecule has 0 bridgehead atoms. The van der Waals surface area contributed by atoms with Crippen molar-refractivity contribution in [1.82, 2.24) is 10.2 Å². The first kappa shape index (κ1) is 12.0. The molecule has 1 N–H and O–H groups in total. The van der Waals surface area contributed by atoms with Crippen molar-refractivity contribution in [3.8, 4) is 0 Å². The minimum Gasteiger partial charge on any atom is -0.312 e. The Kier molecular flexibility index (Phi) is 3.45. The Labute approximate surface area is 106 Å². The van der Waals surface area contributed by atoms with Crippen LogP contribution in [0.3, 0.4) is 0 Å². The molecule has 0 aromatic heterocycles. The molecule has 17 heavy (non-hydrogen) atoms. The van der Waals surface area contributed by atoms with Gasteiger partial charge in [-0.15, -0.1) is 0 Å². The van der Waals surface area contributed by atoms with Crippen molar-refractivity contribution in [2.75, 3.05) is 19.6 Å². The number of nitrogens with zero attached hydrogens (tertiary/aromatic N) is 1. The van der Waals surface area contributed by atoms with Gasteiger partial charge in [-0.25, -0.2) is 0 Å². The van der Waals surface area contributed by atoms with E-state index in [0.717, 1.165) is 29.8 Å². The normalized spacial score (nSPS) is 48.0. The van der Waals surface area contributed by atoms with Crippen LogP contribution in [0.15, 0.2) is 0 Å². The van der Waals surface area contributed by atoms with Gasteiger partial charge >= 0.3 is 0 Å². The molecule has 0 amide bonds. The fraction of sp³-hybridized carbons (Fsp3) is 1.00.